The summed E-state index contributed by atoms with van der Waals surface area (Å²) in [5.74, 6) is 2.67. The highest BCUT2D eigenvalue weighted by Gasteiger charge is 2.09. The Hall–Kier alpha value is -4.25. The zero-order valence-corrected chi connectivity index (χ0v) is 22.2. The average molecular weight is 509 g/mol. The van der Waals surface area contributed by atoms with Gasteiger partial charge in [0, 0.05) is 5.56 Å². The number of nitrogens with one attached hydrogen (secondary N) is 1. The lowest BCUT2D eigenvalue weighted by Crippen LogP contribution is -2.11. The Morgan fingerprint density at radius 3 is 2.03 bits per heavy atom. The van der Waals surface area contributed by atoms with Crippen LogP contribution in [0.5, 0.6) is 17.2 Å². The van der Waals surface area contributed by atoms with Crippen molar-refractivity contribution in [3.63, 3.8) is 0 Å². The molecule has 5 heteroatoms. The predicted octanol–water partition coefficient (Wildman–Crippen LogP) is 7.19. The molecule has 0 heterocycles. The van der Waals surface area contributed by atoms with E-state index in [1.54, 1.807) is 0 Å². The minimum absolute atomic E-state index is 0.0765. The molecule has 4 aromatic rings. The van der Waals surface area contributed by atoms with Crippen LogP contribution in [0.4, 0.5) is 0 Å². The number of hydrogen-bond acceptors (Lipinski definition) is 4. The van der Waals surface area contributed by atoms with E-state index in [9.17, 15) is 0 Å². The molecular weight excluding hydrogens is 472 g/mol. The Bertz CT molecular complexity index is 1330. The van der Waals surface area contributed by atoms with E-state index in [0.717, 1.165) is 64.3 Å². The number of nitrogen functional groups attached to an aromatic ring is 1. The van der Waals surface area contributed by atoms with E-state index in [1.165, 1.54) is 5.56 Å². The number of amidine groups is 1. The first-order chi connectivity index (χ1) is 18.6. The smallest absolute Gasteiger partial charge is 0.122 e. The van der Waals surface area contributed by atoms with Gasteiger partial charge in [0.15, 0.2) is 0 Å². The SMILES string of the molecule is CCCc1cc(-c2ccc(C(=N)N)cc2)ccc1OCCOc1ccc(OCc2ccccc2)cc1CC. The first-order valence-corrected chi connectivity index (χ1v) is 13.2. The minimum atomic E-state index is 0.0765. The van der Waals surface area contributed by atoms with Crippen molar-refractivity contribution in [3.8, 4) is 28.4 Å². The zero-order chi connectivity index (χ0) is 26.7. The second-order valence-corrected chi connectivity index (χ2v) is 9.16. The van der Waals surface area contributed by atoms with E-state index in [-0.39, 0.29) is 5.84 Å². The summed E-state index contributed by atoms with van der Waals surface area (Å²) in [5, 5.41) is 7.59. The fraction of sp³-hybridized carbons (Fsp3) is 0.242. The molecule has 0 fully saturated rings. The molecule has 196 valence electrons. The summed E-state index contributed by atoms with van der Waals surface area (Å²) in [6.07, 6.45) is 2.81. The van der Waals surface area contributed by atoms with Crippen molar-refractivity contribution in [1.82, 2.24) is 0 Å². The molecule has 0 atom stereocenters. The zero-order valence-electron chi connectivity index (χ0n) is 22.2. The lowest BCUT2D eigenvalue weighted by atomic mass is 9.99. The van der Waals surface area contributed by atoms with Crippen LogP contribution < -0.4 is 19.9 Å². The number of aryl methyl sites for hydroxylation is 2. The number of rotatable bonds is 13. The summed E-state index contributed by atoms with van der Waals surface area (Å²) in [6, 6.07) is 30.2. The van der Waals surface area contributed by atoms with Gasteiger partial charge in [0.05, 0.1) is 0 Å². The molecule has 0 saturated carbocycles. The van der Waals surface area contributed by atoms with Crippen molar-refractivity contribution in [2.75, 3.05) is 13.2 Å². The molecule has 0 saturated heterocycles. The first-order valence-electron chi connectivity index (χ1n) is 13.2. The van der Waals surface area contributed by atoms with Gasteiger partial charge in [-0.05, 0) is 71.0 Å². The van der Waals surface area contributed by atoms with Crippen molar-refractivity contribution < 1.29 is 14.2 Å². The molecule has 0 amide bonds. The standard InChI is InChI=1S/C33H36N2O3/c1-3-8-29-21-28(26-11-13-27(14-12-26)33(34)35)15-17-32(29)37-20-19-36-31-18-16-30(22-25(31)4-2)38-23-24-9-6-5-7-10-24/h5-7,9-18,21-22H,3-4,8,19-20,23H2,1-2H3,(H3,34,35). The van der Waals surface area contributed by atoms with E-state index >= 15 is 0 Å². The molecule has 38 heavy (non-hydrogen) atoms. The van der Waals surface area contributed by atoms with Crippen LogP contribution in [0.3, 0.4) is 0 Å². The fourth-order valence-electron chi connectivity index (χ4n) is 4.31. The van der Waals surface area contributed by atoms with Crippen molar-refractivity contribution in [2.24, 2.45) is 5.73 Å². The highest BCUT2D eigenvalue weighted by molar-refractivity contribution is 5.95. The van der Waals surface area contributed by atoms with Crippen LogP contribution in [0.15, 0.2) is 91.0 Å². The van der Waals surface area contributed by atoms with Crippen LogP contribution in [0.2, 0.25) is 0 Å². The third-order valence-electron chi connectivity index (χ3n) is 6.37. The second-order valence-electron chi connectivity index (χ2n) is 9.16. The van der Waals surface area contributed by atoms with Gasteiger partial charge in [-0.25, -0.2) is 0 Å². The van der Waals surface area contributed by atoms with E-state index in [4.69, 9.17) is 25.4 Å². The summed E-state index contributed by atoms with van der Waals surface area (Å²) in [5.41, 5.74) is 12.0. The van der Waals surface area contributed by atoms with E-state index < -0.39 is 0 Å². The minimum Gasteiger partial charge on any atom is -0.490 e. The van der Waals surface area contributed by atoms with Crippen molar-refractivity contribution >= 4 is 5.84 Å². The van der Waals surface area contributed by atoms with E-state index in [0.29, 0.717) is 19.8 Å². The molecule has 5 nitrogen and oxygen atoms in total. The Morgan fingerprint density at radius 1 is 0.711 bits per heavy atom. The highest BCUT2D eigenvalue weighted by atomic mass is 16.5. The van der Waals surface area contributed by atoms with Crippen LogP contribution in [0, 0.1) is 5.41 Å². The molecule has 4 aromatic carbocycles. The molecule has 0 bridgehead atoms. The third-order valence-corrected chi connectivity index (χ3v) is 6.37. The van der Waals surface area contributed by atoms with Gasteiger partial charge in [-0.2, -0.15) is 0 Å². The molecule has 4 rings (SSSR count). The van der Waals surface area contributed by atoms with Crippen LogP contribution in [0.1, 0.15) is 42.5 Å². The molecule has 0 spiro atoms. The van der Waals surface area contributed by atoms with E-state index in [2.05, 4.69) is 44.2 Å². The maximum Gasteiger partial charge on any atom is 0.122 e. The van der Waals surface area contributed by atoms with Crippen LogP contribution >= 0.6 is 0 Å². The van der Waals surface area contributed by atoms with Crippen molar-refractivity contribution in [2.45, 2.75) is 39.7 Å². The number of benzene rings is 4. The predicted molar refractivity (Wildman–Crippen MR) is 154 cm³/mol. The quantitative estimate of drug-likeness (QED) is 0.114. The van der Waals surface area contributed by atoms with Gasteiger partial charge in [-0.3, -0.25) is 5.41 Å². The Morgan fingerprint density at radius 2 is 1.37 bits per heavy atom. The summed E-state index contributed by atoms with van der Waals surface area (Å²) < 4.78 is 18.2. The highest BCUT2D eigenvalue weighted by Crippen LogP contribution is 2.29. The first kappa shape index (κ1) is 26.8. The van der Waals surface area contributed by atoms with Crippen LogP contribution in [-0.4, -0.2) is 19.0 Å². The molecule has 0 aliphatic heterocycles. The Balaban J connectivity index is 1.34. The largest absolute Gasteiger partial charge is 0.490 e. The lowest BCUT2D eigenvalue weighted by Gasteiger charge is -2.15. The normalized spacial score (nSPS) is 10.7. The van der Waals surface area contributed by atoms with Crippen molar-refractivity contribution in [3.05, 3.63) is 113 Å². The maximum atomic E-state index is 7.59. The van der Waals surface area contributed by atoms with Gasteiger partial charge in [-0.15, -0.1) is 0 Å². The molecule has 0 radical (unpaired) electrons. The molecule has 0 aromatic heterocycles. The van der Waals surface area contributed by atoms with Crippen molar-refractivity contribution in [1.29, 1.82) is 5.41 Å². The average Bonchev–Trinajstić information content (AvgIpc) is 2.96. The summed E-state index contributed by atoms with van der Waals surface area (Å²) >= 11 is 0. The van der Waals surface area contributed by atoms with Gasteiger partial charge in [0.1, 0.15) is 42.9 Å². The van der Waals surface area contributed by atoms with Gasteiger partial charge in [0.25, 0.3) is 0 Å². The molecule has 3 N–H and O–H groups in total. The molecule has 0 unspecified atom stereocenters. The van der Waals surface area contributed by atoms with Gasteiger partial charge in [-0.1, -0.05) is 80.9 Å². The lowest BCUT2D eigenvalue weighted by molar-refractivity contribution is 0.214. The second kappa shape index (κ2) is 13.3. The van der Waals surface area contributed by atoms with Crippen LogP contribution in [-0.2, 0) is 19.4 Å². The summed E-state index contributed by atoms with van der Waals surface area (Å²) in [4.78, 5) is 0. The molecular formula is C33H36N2O3. The topological polar surface area (TPSA) is 77.6 Å². The monoisotopic (exact) mass is 508 g/mol. The van der Waals surface area contributed by atoms with E-state index in [1.807, 2.05) is 60.7 Å². The summed E-state index contributed by atoms with van der Waals surface area (Å²) in [6.45, 7) is 5.74. The molecule has 0 aliphatic carbocycles. The van der Waals surface area contributed by atoms with Crippen LogP contribution in [0.25, 0.3) is 11.1 Å². The van der Waals surface area contributed by atoms with Gasteiger partial charge < -0.3 is 19.9 Å². The third kappa shape index (κ3) is 7.16. The number of ether oxygens (including phenoxy) is 3. The number of nitrogens with two attached hydrogens (primary N) is 1. The molecule has 0 aliphatic rings. The van der Waals surface area contributed by atoms with Gasteiger partial charge >= 0.3 is 0 Å². The van der Waals surface area contributed by atoms with Gasteiger partial charge in [0.2, 0.25) is 0 Å². The Labute approximate surface area is 225 Å². The Kier molecular flexibility index (Phi) is 9.41. The number of hydrogen-bond donors (Lipinski definition) is 2. The maximum absolute atomic E-state index is 7.59. The fourth-order valence-corrected chi connectivity index (χ4v) is 4.31. The summed E-state index contributed by atoms with van der Waals surface area (Å²) in [7, 11) is 0.